The summed E-state index contributed by atoms with van der Waals surface area (Å²) in [4.78, 5) is 42.1. The first-order valence-corrected chi connectivity index (χ1v) is 18.7. The van der Waals surface area contributed by atoms with Gasteiger partial charge in [-0.15, -0.1) is 11.8 Å². The highest BCUT2D eigenvalue weighted by molar-refractivity contribution is 8.00. The molecule has 0 saturated carbocycles. The highest BCUT2D eigenvalue weighted by atomic mass is 32.2. The van der Waals surface area contributed by atoms with E-state index in [9.17, 15) is 19.5 Å². The van der Waals surface area contributed by atoms with E-state index >= 15 is 0 Å². The Morgan fingerprint density at radius 3 is 1.60 bits per heavy atom. The van der Waals surface area contributed by atoms with Crippen LogP contribution in [0.25, 0.3) is 11.1 Å². The quantitative estimate of drug-likeness (QED) is 0.112. The van der Waals surface area contributed by atoms with Crippen LogP contribution in [0.5, 0.6) is 0 Å². The van der Waals surface area contributed by atoms with Gasteiger partial charge in [-0.25, -0.2) is 9.59 Å². The van der Waals surface area contributed by atoms with Gasteiger partial charge in [0.2, 0.25) is 5.91 Å². The second kappa shape index (κ2) is 16.3. The topological polar surface area (TPSA) is 95.9 Å². The number of likely N-dealkylation sites (N-methyl/N-ethyl adjacent to an activating group) is 1. The molecule has 0 spiro atoms. The summed E-state index contributed by atoms with van der Waals surface area (Å²) in [5.41, 5.74) is 7.39. The van der Waals surface area contributed by atoms with Crippen molar-refractivity contribution in [1.82, 2.24) is 10.2 Å². The van der Waals surface area contributed by atoms with E-state index in [1.54, 1.807) is 6.92 Å². The number of carboxylic acids is 1. The number of alkyl carbamates (subject to hydrolysis) is 1. The van der Waals surface area contributed by atoms with Gasteiger partial charge >= 0.3 is 12.1 Å². The number of nitrogens with zero attached hydrogens (tertiary/aromatic N) is 1. The van der Waals surface area contributed by atoms with Gasteiger partial charge in [-0.1, -0.05) is 153 Å². The average Bonchev–Trinajstić information content (AvgIpc) is 3.50. The van der Waals surface area contributed by atoms with E-state index in [4.69, 9.17) is 4.74 Å². The Hall–Kier alpha value is -5.34. The lowest BCUT2D eigenvalue weighted by Crippen LogP contribution is -2.56. The van der Waals surface area contributed by atoms with Crippen LogP contribution in [0, 0.1) is 5.92 Å². The van der Waals surface area contributed by atoms with Crippen LogP contribution < -0.4 is 5.32 Å². The average molecular weight is 713 g/mol. The molecule has 1 aliphatic rings. The fourth-order valence-corrected chi connectivity index (χ4v) is 8.89. The zero-order valence-electron chi connectivity index (χ0n) is 29.6. The number of hydrogen-bond donors (Lipinski definition) is 2. The molecule has 52 heavy (non-hydrogen) atoms. The van der Waals surface area contributed by atoms with Crippen molar-refractivity contribution in [1.29, 1.82) is 0 Å². The summed E-state index contributed by atoms with van der Waals surface area (Å²) >= 11 is 1.48. The van der Waals surface area contributed by atoms with Crippen LogP contribution in [-0.2, 0) is 19.1 Å². The van der Waals surface area contributed by atoms with Crippen LogP contribution in [0.1, 0.15) is 54.5 Å². The van der Waals surface area contributed by atoms with Crippen molar-refractivity contribution in [2.45, 2.75) is 43.5 Å². The lowest BCUT2D eigenvalue weighted by atomic mass is 9.84. The van der Waals surface area contributed by atoms with E-state index in [0.29, 0.717) is 0 Å². The first-order valence-electron chi connectivity index (χ1n) is 17.7. The molecule has 266 valence electrons. The van der Waals surface area contributed by atoms with Crippen molar-refractivity contribution in [2.75, 3.05) is 18.9 Å². The van der Waals surface area contributed by atoms with Crippen LogP contribution in [-0.4, -0.2) is 59.0 Å². The molecule has 0 radical (unpaired) electrons. The molecule has 0 saturated heterocycles. The third kappa shape index (κ3) is 7.34. The SMILES string of the molecule is CCN(C(=O)[C@@H](NC(=O)OCC1c2ccccc2-c2ccccc21)C(C)C)[C@@H](CSC(c1ccccc1)(c1ccccc1)c1ccccc1)C(=O)O. The highest BCUT2D eigenvalue weighted by Crippen LogP contribution is 2.49. The molecule has 2 atom stereocenters. The fourth-order valence-electron chi connectivity index (χ4n) is 7.26. The number of amides is 2. The molecule has 0 unspecified atom stereocenters. The van der Waals surface area contributed by atoms with Gasteiger partial charge < -0.3 is 20.1 Å². The summed E-state index contributed by atoms with van der Waals surface area (Å²) in [5.74, 6) is -1.96. The molecule has 0 aromatic heterocycles. The van der Waals surface area contributed by atoms with E-state index in [1.165, 1.54) is 16.7 Å². The maximum atomic E-state index is 14.3. The van der Waals surface area contributed by atoms with Gasteiger partial charge in [0.1, 0.15) is 18.7 Å². The zero-order valence-corrected chi connectivity index (χ0v) is 30.5. The maximum absolute atomic E-state index is 14.3. The summed E-state index contributed by atoms with van der Waals surface area (Å²) in [6.45, 7) is 5.67. The molecule has 1 aliphatic carbocycles. The van der Waals surface area contributed by atoms with Gasteiger partial charge in [-0.05, 0) is 51.8 Å². The van der Waals surface area contributed by atoms with Crippen molar-refractivity contribution < 1.29 is 24.2 Å². The molecule has 5 aromatic carbocycles. The minimum absolute atomic E-state index is 0.0867. The first kappa shape index (κ1) is 36.5. The number of thioether (sulfide) groups is 1. The Labute approximate surface area is 310 Å². The Bertz CT molecular complexity index is 1840. The van der Waals surface area contributed by atoms with Crippen LogP contribution in [0.2, 0.25) is 0 Å². The molecule has 5 aromatic rings. The smallest absolute Gasteiger partial charge is 0.407 e. The Morgan fingerprint density at radius 1 is 0.731 bits per heavy atom. The first-order chi connectivity index (χ1) is 25.3. The zero-order chi connectivity index (χ0) is 36.7. The normalized spacial score (nSPS) is 13.5. The van der Waals surface area contributed by atoms with E-state index in [0.717, 1.165) is 38.9 Å². The highest BCUT2D eigenvalue weighted by Gasteiger charge is 2.41. The van der Waals surface area contributed by atoms with Crippen LogP contribution in [0.3, 0.4) is 0 Å². The summed E-state index contributed by atoms with van der Waals surface area (Å²) in [6, 6.07) is 44.1. The number of benzene rings is 5. The van der Waals surface area contributed by atoms with Crippen molar-refractivity contribution in [3.05, 3.63) is 167 Å². The van der Waals surface area contributed by atoms with E-state index in [-0.39, 0.29) is 30.7 Å². The lowest BCUT2D eigenvalue weighted by molar-refractivity contribution is -0.150. The summed E-state index contributed by atoms with van der Waals surface area (Å²) in [7, 11) is 0. The van der Waals surface area contributed by atoms with Gasteiger partial charge in [0.15, 0.2) is 0 Å². The Kier molecular flexibility index (Phi) is 11.5. The van der Waals surface area contributed by atoms with Crippen molar-refractivity contribution in [3.63, 3.8) is 0 Å². The van der Waals surface area contributed by atoms with Crippen LogP contribution >= 0.6 is 11.8 Å². The minimum Gasteiger partial charge on any atom is -0.480 e. The second-order valence-corrected chi connectivity index (χ2v) is 14.5. The van der Waals surface area contributed by atoms with Crippen molar-refractivity contribution in [3.8, 4) is 11.1 Å². The number of hydrogen-bond acceptors (Lipinski definition) is 5. The molecule has 0 fully saturated rings. The predicted octanol–water partition coefficient (Wildman–Crippen LogP) is 8.58. The minimum atomic E-state index is -1.18. The van der Waals surface area contributed by atoms with Gasteiger partial charge in [0.05, 0.1) is 4.75 Å². The lowest BCUT2D eigenvalue weighted by Gasteiger charge is -2.38. The molecule has 0 aliphatic heterocycles. The summed E-state index contributed by atoms with van der Waals surface area (Å²) in [6.07, 6.45) is -0.720. The molecule has 2 amide bonds. The number of nitrogens with one attached hydrogen (secondary N) is 1. The fraction of sp³-hybridized carbons (Fsp3) is 0.250. The Morgan fingerprint density at radius 2 is 1.17 bits per heavy atom. The molecular weight excluding hydrogens is 669 g/mol. The van der Waals surface area contributed by atoms with Crippen LogP contribution in [0.4, 0.5) is 4.79 Å². The van der Waals surface area contributed by atoms with E-state index in [1.807, 2.05) is 105 Å². The summed E-state index contributed by atoms with van der Waals surface area (Å²) in [5, 5.41) is 13.5. The van der Waals surface area contributed by atoms with Crippen LogP contribution in [0.15, 0.2) is 140 Å². The van der Waals surface area contributed by atoms with E-state index in [2.05, 4.69) is 53.8 Å². The standard InChI is InChI=1S/C44H44N2O5S/c1-4-46(41(47)40(30(2)3)45-43(50)51-28-38-36-26-16-14-24-34(36)35-25-15-17-27-37(35)38)39(42(48)49)29-52-44(31-18-8-5-9-19-31,32-20-10-6-11-21-32)33-22-12-7-13-23-33/h5-27,30,38-40H,4,28-29H2,1-3H3,(H,45,50)(H,48,49)/t39-,40-/m0/s1. The monoisotopic (exact) mass is 712 g/mol. The third-order valence-corrected chi connectivity index (χ3v) is 11.5. The molecule has 7 nitrogen and oxygen atoms in total. The third-order valence-electron chi connectivity index (χ3n) is 9.83. The largest absolute Gasteiger partial charge is 0.480 e. The predicted molar refractivity (Wildman–Crippen MR) is 207 cm³/mol. The van der Waals surface area contributed by atoms with Gasteiger partial charge in [0.25, 0.3) is 0 Å². The molecule has 6 rings (SSSR count). The maximum Gasteiger partial charge on any atom is 0.407 e. The summed E-state index contributed by atoms with van der Waals surface area (Å²) < 4.78 is 5.02. The van der Waals surface area contributed by atoms with Gasteiger partial charge in [-0.3, -0.25) is 4.79 Å². The van der Waals surface area contributed by atoms with Gasteiger partial charge in [-0.2, -0.15) is 0 Å². The molecule has 0 heterocycles. The molecule has 0 bridgehead atoms. The number of fused-ring (bicyclic) bond motifs is 3. The van der Waals surface area contributed by atoms with Crippen molar-refractivity contribution in [2.24, 2.45) is 5.92 Å². The number of carbonyl (C=O) groups is 3. The number of aliphatic carboxylic acids is 1. The Balaban J connectivity index is 1.23. The van der Waals surface area contributed by atoms with Crippen molar-refractivity contribution >= 4 is 29.7 Å². The van der Waals surface area contributed by atoms with Gasteiger partial charge in [0, 0.05) is 18.2 Å². The molecular formula is C44H44N2O5S. The number of rotatable bonds is 14. The molecule has 8 heteroatoms. The number of carbonyl (C=O) groups excluding carboxylic acids is 2. The number of carboxylic acid groups (broad SMARTS) is 1. The second-order valence-electron chi connectivity index (χ2n) is 13.3. The molecule has 2 N–H and O–H groups in total. The number of ether oxygens (including phenoxy) is 1. The van der Waals surface area contributed by atoms with E-state index < -0.39 is 34.8 Å².